The SMILES string of the molecule is CCOC1CC(NC(C)c2ncc(CC)s2)C12CCCC2. The summed E-state index contributed by atoms with van der Waals surface area (Å²) in [5, 5.41) is 5.10. The molecule has 0 aliphatic heterocycles. The Kier molecular flexibility index (Phi) is 4.67. The van der Waals surface area contributed by atoms with Gasteiger partial charge in [-0.2, -0.15) is 0 Å². The molecule has 1 N–H and O–H groups in total. The second-order valence-corrected chi connectivity index (χ2v) is 7.73. The molecule has 3 nitrogen and oxygen atoms in total. The molecular weight excluding hydrogens is 280 g/mol. The standard InChI is InChI=1S/C17H28N2OS/c1-4-13-11-18-16(21-13)12(3)19-14-10-15(20-5-2)17(14)8-6-7-9-17/h11-12,14-15,19H,4-10H2,1-3H3. The normalized spacial score (nSPS) is 28.7. The number of nitrogens with zero attached hydrogens (tertiary/aromatic N) is 1. The average Bonchev–Trinajstić information content (AvgIpc) is 3.16. The largest absolute Gasteiger partial charge is 0.378 e. The monoisotopic (exact) mass is 308 g/mol. The van der Waals surface area contributed by atoms with Crippen LogP contribution in [0.25, 0.3) is 0 Å². The molecule has 3 rings (SSSR count). The highest BCUT2D eigenvalue weighted by Crippen LogP contribution is 2.55. The van der Waals surface area contributed by atoms with Crippen LogP contribution in [0.3, 0.4) is 0 Å². The molecule has 1 aromatic rings. The third kappa shape index (κ3) is 2.78. The van der Waals surface area contributed by atoms with E-state index >= 15 is 0 Å². The van der Waals surface area contributed by atoms with Crippen LogP contribution in [0.15, 0.2) is 6.20 Å². The smallest absolute Gasteiger partial charge is 0.109 e. The first-order valence-corrected chi connectivity index (χ1v) is 9.33. The Balaban J connectivity index is 1.64. The van der Waals surface area contributed by atoms with Crippen molar-refractivity contribution in [3.8, 4) is 0 Å². The van der Waals surface area contributed by atoms with Crippen LogP contribution in [-0.2, 0) is 11.2 Å². The van der Waals surface area contributed by atoms with E-state index in [0.717, 1.165) is 13.0 Å². The lowest BCUT2D eigenvalue weighted by molar-refractivity contribution is -0.132. The summed E-state index contributed by atoms with van der Waals surface area (Å²) in [6.07, 6.45) is 10.2. The first-order chi connectivity index (χ1) is 10.2. The highest BCUT2D eigenvalue weighted by atomic mass is 32.1. The molecular formula is C17H28N2OS. The highest BCUT2D eigenvalue weighted by Gasteiger charge is 2.56. The topological polar surface area (TPSA) is 34.1 Å². The van der Waals surface area contributed by atoms with Crippen LogP contribution in [0, 0.1) is 5.41 Å². The maximum Gasteiger partial charge on any atom is 0.109 e. The van der Waals surface area contributed by atoms with Crippen molar-refractivity contribution in [1.82, 2.24) is 10.3 Å². The van der Waals surface area contributed by atoms with Gasteiger partial charge in [-0.15, -0.1) is 11.3 Å². The Labute approximate surface area is 132 Å². The van der Waals surface area contributed by atoms with Crippen molar-refractivity contribution in [1.29, 1.82) is 0 Å². The Morgan fingerprint density at radius 3 is 2.81 bits per heavy atom. The van der Waals surface area contributed by atoms with Gasteiger partial charge in [0.2, 0.25) is 0 Å². The van der Waals surface area contributed by atoms with Crippen LogP contribution >= 0.6 is 11.3 Å². The number of aromatic nitrogens is 1. The van der Waals surface area contributed by atoms with Gasteiger partial charge in [-0.1, -0.05) is 19.8 Å². The summed E-state index contributed by atoms with van der Waals surface area (Å²) in [4.78, 5) is 5.98. The molecule has 3 atom stereocenters. The molecule has 0 radical (unpaired) electrons. The van der Waals surface area contributed by atoms with Crippen LogP contribution < -0.4 is 5.32 Å². The summed E-state index contributed by atoms with van der Waals surface area (Å²) >= 11 is 1.85. The van der Waals surface area contributed by atoms with E-state index < -0.39 is 0 Å². The van der Waals surface area contributed by atoms with E-state index in [1.165, 1.54) is 42.0 Å². The zero-order valence-corrected chi connectivity index (χ0v) is 14.3. The number of nitrogens with one attached hydrogen (secondary N) is 1. The predicted octanol–water partition coefficient (Wildman–Crippen LogP) is 4.09. The quantitative estimate of drug-likeness (QED) is 0.859. The molecule has 1 aromatic heterocycles. The summed E-state index contributed by atoms with van der Waals surface area (Å²) < 4.78 is 6.00. The minimum Gasteiger partial charge on any atom is -0.378 e. The fourth-order valence-corrected chi connectivity index (χ4v) is 5.05. The Hall–Kier alpha value is -0.450. The first kappa shape index (κ1) is 15.4. The van der Waals surface area contributed by atoms with Gasteiger partial charge in [0, 0.05) is 29.1 Å². The number of thiazole rings is 1. The predicted molar refractivity (Wildman–Crippen MR) is 87.8 cm³/mol. The van der Waals surface area contributed by atoms with E-state index in [0.29, 0.717) is 23.6 Å². The number of hydrogen-bond donors (Lipinski definition) is 1. The molecule has 2 fully saturated rings. The van der Waals surface area contributed by atoms with Crippen molar-refractivity contribution in [2.75, 3.05) is 6.61 Å². The molecule has 1 heterocycles. The van der Waals surface area contributed by atoms with E-state index in [9.17, 15) is 0 Å². The van der Waals surface area contributed by atoms with E-state index in [4.69, 9.17) is 4.74 Å². The van der Waals surface area contributed by atoms with Crippen molar-refractivity contribution in [3.05, 3.63) is 16.1 Å². The highest BCUT2D eigenvalue weighted by molar-refractivity contribution is 7.11. The lowest BCUT2D eigenvalue weighted by atomic mass is 9.60. The summed E-state index contributed by atoms with van der Waals surface area (Å²) in [6, 6.07) is 0.973. The Bertz CT molecular complexity index is 467. The average molecular weight is 308 g/mol. The molecule has 4 heteroatoms. The van der Waals surface area contributed by atoms with Crippen LogP contribution in [0.4, 0.5) is 0 Å². The molecule has 0 amide bonds. The zero-order valence-electron chi connectivity index (χ0n) is 13.5. The van der Waals surface area contributed by atoms with Crippen molar-refractivity contribution in [2.45, 2.75) is 77.5 Å². The van der Waals surface area contributed by atoms with Crippen molar-refractivity contribution in [3.63, 3.8) is 0 Å². The molecule has 3 unspecified atom stereocenters. The van der Waals surface area contributed by atoms with Gasteiger partial charge >= 0.3 is 0 Å². The second-order valence-electron chi connectivity index (χ2n) is 6.58. The van der Waals surface area contributed by atoms with Gasteiger partial charge in [0.25, 0.3) is 0 Å². The van der Waals surface area contributed by atoms with E-state index in [1.807, 2.05) is 17.5 Å². The second kappa shape index (κ2) is 6.35. The third-order valence-electron chi connectivity index (χ3n) is 5.43. The van der Waals surface area contributed by atoms with Gasteiger partial charge in [0.15, 0.2) is 0 Å². The lowest BCUT2D eigenvalue weighted by Crippen LogP contribution is -2.63. The summed E-state index contributed by atoms with van der Waals surface area (Å²) in [6.45, 7) is 7.42. The van der Waals surface area contributed by atoms with Crippen LogP contribution in [0.1, 0.15) is 68.8 Å². The first-order valence-electron chi connectivity index (χ1n) is 8.52. The lowest BCUT2D eigenvalue weighted by Gasteiger charge is -2.55. The van der Waals surface area contributed by atoms with Crippen LogP contribution in [0.2, 0.25) is 0 Å². The number of aryl methyl sites for hydroxylation is 1. The maximum absolute atomic E-state index is 6.00. The van der Waals surface area contributed by atoms with Gasteiger partial charge in [-0.05, 0) is 39.5 Å². The number of hydrogen-bond acceptors (Lipinski definition) is 4. The van der Waals surface area contributed by atoms with Gasteiger partial charge in [-0.3, -0.25) is 0 Å². The minimum atomic E-state index is 0.361. The Morgan fingerprint density at radius 1 is 1.43 bits per heavy atom. The number of rotatable bonds is 6. The van der Waals surface area contributed by atoms with E-state index in [2.05, 4.69) is 31.1 Å². The van der Waals surface area contributed by atoms with Crippen molar-refractivity contribution in [2.24, 2.45) is 5.41 Å². The maximum atomic E-state index is 6.00. The fraction of sp³-hybridized carbons (Fsp3) is 0.824. The molecule has 21 heavy (non-hydrogen) atoms. The zero-order chi connectivity index (χ0) is 14.9. The molecule has 0 bridgehead atoms. The van der Waals surface area contributed by atoms with Gasteiger partial charge in [0.05, 0.1) is 12.1 Å². The molecule has 2 aliphatic carbocycles. The van der Waals surface area contributed by atoms with Crippen LogP contribution in [-0.4, -0.2) is 23.7 Å². The van der Waals surface area contributed by atoms with Gasteiger partial charge in [0.1, 0.15) is 5.01 Å². The third-order valence-corrected chi connectivity index (χ3v) is 6.75. The van der Waals surface area contributed by atoms with Gasteiger partial charge in [-0.25, -0.2) is 4.98 Å². The minimum absolute atomic E-state index is 0.361. The molecule has 2 saturated carbocycles. The molecule has 0 aromatic carbocycles. The van der Waals surface area contributed by atoms with E-state index in [1.54, 1.807) is 0 Å². The summed E-state index contributed by atoms with van der Waals surface area (Å²) in [5.74, 6) is 0. The van der Waals surface area contributed by atoms with E-state index in [-0.39, 0.29) is 0 Å². The molecule has 0 saturated heterocycles. The molecule has 2 aliphatic rings. The van der Waals surface area contributed by atoms with Crippen molar-refractivity contribution >= 4 is 11.3 Å². The summed E-state index contributed by atoms with van der Waals surface area (Å²) in [7, 11) is 0. The van der Waals surface area contributed by atoms with Crippen LogP contribution in [0.5, 0.6) is 0 Å². The fourth-order valence-electron chi connectivity index (χ4n) is 4.18. The van der Waals surface area contributed by atoms with Gasteiger partial charge < -0.3 is 10.1 Å². The van der Waals surface area contributed by atoms with Crippen molar-refractivity contribution < 1.29 is 4.74 Å². The molecule has 1 spiro atoms. The summed E-state index contributed by atoms with van der Waals surface area (Å²) in [5.41, 5.74) is 0.412. The number of ether oxygens (including phenoxy) is 1. The Morgan fingerprint density at radius 2 is 2.19 bits per heavy atom. The molecule has 118 valence electrons.